The summed E-state index contributed by atoms with van der Waals surface area (Å²) in [6.45, 7) is 9.09. The SMILES string of the molecule is CCc1cccc(CC)c1NC(=O)C[NH2+][C@@H](c1ccccc1)C(C)C. The van der Waals surface area contributed by atoms with Crippen LogP contribution in [0.4, 0.5) is 5.69 Å². The molecule has 3 N–H and O–H groups in total. The molecule has 0 aliphatic carbocycles. The van der Waals surface area contributed by atoms with Gasteiger partial charge in [0.15, 0.2) is 6.54 Å². The second kappa shape index (κ2) is 9.38. The van der Waals surface area contributed by atoms with Gasteiger partial charge in [-0.1, -0.05) is 76.2 Å². The Bertz CT molecular complexity index is 657. The maximum Gasteiger partial charge on any atom is 0.279 e. The van der Waals surface area contributed by atoms with E-state index < -0.39 is 0 Å². The molecule has 0 radical (unpaired) electrons. The van der Waals surface area contributed by atoms with Crippen molar-refractivity contribution in [2.45, 2.75) is 46.6 Å². The smallest absolute Gasteiger partial charge is 0.279 e. The van der Waals surface area contributed by atoms with Crippen LogP contribution < -0.4 is 10.6 Å². The monoisotopic (exact) mass is 339 g/mol. The summed E-state index contributed by atoms with van der Waals surface area (Å²) in [5.41, 5.74) is 4.69. The summed E-state index contributed by atoms with van der Waals surface area (Å²) >= 11 is 0. The summed E-state index contributed by atoms with van der Waals surface area (Å²) in [6, 6.07) is 17.0. The Kier molecular flexibility index (Phi) is 7.20. The lowest BCUT2D eigenvalue weighted by Gasteiger charge is -2.20. The van der Waals surface area contributed by atoms with Crippen molar-refractivity contribution in [1.29, 1.82) is 0 Å². The number of hydrogen-bond donors (Lipinski definition) is 2. The first-order chi connectivity index (χ1) is 12.1. The van der Waals surface area contributed by atoms with Crippen LogP contribution in [0.1, 0.15) is 50.4 Å². The molecule has 2 aromatic rings. The molecule has 3 heteroatoms. The number of anilines is 1. The van der Waals surface area contributed by atoms with Gasteiger partial charge in [-0.05, 0) is 24.0 Å². The highest BCUT2D eigenvalue weighted by molar-refractivity contribution is 5.93. The molecule has 0 saturated carbocycles. The number of para-hydroxylation sites is 1. The van der Waals surface area contributed by atoms with Crippen molar-refractivity contribution in [3.63, 3.8) is 0 Å². The minimum atomic E-state index is 0.0668. The zero-order chi connectivity index (χ0) is 18.2. The van der Waals surface area contributed by atoms with Crippen molar-refractivity contribution in [1.82, 2.24) is 0 Å². The van der Waals surface area contributed by atoms with Crippen molar-refractivity contribution in [3.05, 3.63) is 65.2 Å². The fourth-order valence-electron chi connectivity index (χ4n) is 3.30. The molecule has 0 bridgehead atoms. The number of rotatable bonds is 8. The lowest BCUT2D eigenvalue weighted by atomic mass is 9.96. The minimum Gasteiger partial charge on any atom is -0.332 e. The molecule has 1 amide bonds. The lowest BCUT2D eigenvalue weighted by molar-refractivity contribution is -0.692. The van der Waals surface area contributed by atoms with Gasteiger partial charge in [0, 0.05) is 17.2 Å². The Morgan fingerprint density at radius 3 is 2.08 bits per heavy atom. The second-order valence-corrected chi connectivity index (χ2v) is 6.83. The minimum absolute atomic E-state index is 0.0668. The van der Waals surface area contributed by atoms with Gasteiger partial charge < -0.3 is 10.6 Å². The van der Waals surface area contributed by atoms with Crippen LogP contribution in [0.5, 0.6) is 0 Å². The largest absolute Gasteiger partial charge is 0.332 e. The van der Waals surface area contributed by atoms with E-state index in [-0.39, 0.29) is 5.91 Å². The summed E-state index contributed by atoms with van der Waals surface area (Å²) < 4.78 is 0. The van der Waals surface area contributed by atoms with Crippen LogP contribution in [0.15, 0.2) is 48.5 Å². The average molecular weight is 340 g/mol. The fourth-order valence-corrected chi connectivity index (χ4v) is 3.30. The third-order valence-corrected chi connectivity index (χ3v) is 4.72. The molecule has 0 unspecified atom stereocenters. The Labute approximate surface area is 151 Å². The number of nitrogens with one attached hydrogen (secondary N) is 1. The van der Waals surface area contributed by atoms with Crippen LogP contribution in [0.2, 0.25) is 0 Å². The number of benzene rings is 2. The van der Waals surface area contributed by atoms with Crippen molar-refractivity contribution < 1.29 is 10.1 Å². The van der Waals surface area contributed by atoms with E-state index in [1.165, 1.54) is 16.7 Å². The Morgan fingerprint density at radius 1 is 0.960 bits per heavy atom. The summed E-state index contributed by atoms with van der Waals surface area (Å²) in [5.74, 6) is 0.529. The summed E-state index contributed by atoms with van der Waals surface area (Å²) in [6.07, 6.45) is 1.84. The first kappa shape index (κ1) is 19.2. The molecule has 2 aromatic carbocycles. The number of amides is 1. The molecule has 1 atom stereocenters. The van der Waals surface area contributed by atoms with Crippen molar-refractivity contribution in [2.24, 2.45) is 5.92 Å². The number of nitrogens with two attached hydrogens (primary N) is 1. The quantitative estimate of drug-likeness (QED) is 0.756. The molecule has 2 rings (SSSR count). The van der Waals surface area contributed by atoms with Crippen LogP contribution in [0.3, 0.4) is 0 Å². The van der Waals surface area contributed by atoms with E-state index in [0.29, 0.717) is 18.5 Å². The van der Waals surface area contributed by atoms with Gasteiger partial charge in [-0.3, -0.25) is 4.79 Å². The summed E-state index contributed by atoms with van der Waals surface area (Å²) in [4.78, 5) is 12.6. The number of carbonyl (C=O) groups excluding carboxylic acids is 1. The van der Waals surface area contributed by atoms with Gasteiger partial charge in [0.1, 0.15) is 6.04 Å². The molecule has 0 aliphatic heterocycles. The van der Waals surface area contributed by atoms with Gasteiger partial charge in [0.05, 0.1) is 0 Å². The van der Waals surface area contributed by atoms with E-state index in [4.69, 9.17) is 0 Å². The first-order valence-corrected chi connectivity index (χ1v) is 9.35. The van der Waals surface area contributed by atoms with Gasteiger partial charge in [0.25, 0.3) is 5.91 Å². The standard InChI is InChI=1S/C22H30N2O/c1-5-17-13-10-14-18(6-2)22(17)24-20(25)15-23-21(16(3)4)19-11-8-7-9-12-19/h7-14,16,21,23H,5-6,15H2,1-4H3,(H,24,25)/p+1/t21-/m1/s1. The van der Waals surface area contributed by atoms with Crippen molar-refractivity contribution in [3.8, 4) is 0 Å². The van der Waals surface area contributed by atoms with E-state index in [0.717, 1.165) is 18.5 Å². The van der Waals surface area contributed by atoms with Crippen LogP contribution in [0.25, 0.3) is 0 Å². The molecule has 134 valence electrons. The molecule has 0 heterocycles. The molecule has 0 fully saturated rings. The average Bonchev–Trinajstić information content (AvgIpc) is 2.62. The van der Waals surface area contributed by atoms with Crippen LogP contribution >= 0.6 is 0 Å². The predicted octanol–water partition coefficient (Wildman–Crippen LogP) is 3.71. The molecular formula is C22H31N2O+. The Balaban J connectivity index is 2.05. The maximum atomic E-state index is 12.6. The van der Waals surface area contributed by atoms with Crippen LogP contribution in [0, 0.1) is 5.92 Å². The number of carbonyl (C=O) groups is 1. The first-order valence-electron chi connectivity index (χ1n) is 9.35. The van der Waals surface area contributed by atoms with E-state index in [2.05, 4.69) is 80.8 Å². The van der Waals surface area contributed by atoms with E-state index >= 15 is 0 Å². The van der Waals surface area contributed by atoms with Crippen LogP contribution in [-0.4, -0.2) is 12.5 Å². The highest BCUT2D eigenvalue weighted by atomic mass is 16.1. The van der Waals surface area contributed by atoms with Gasteiger partial charge in [-0.15, -0.1) is 0 Å². The van der Waals surface area contributed by atoms with Gasteiger partial charge in [0.2, 0.25) is 0 Å². The van der Waals surface area contributed by atoms with Crippen molar-refractivity contribution in [2.75, 3.05) is 11.9 Å². The highest BCUT2D eigenvalue weighted by Gasteiger charge is 2.20. The number of quaternary nitrogens is 1. The van der Waals surface area contributed by atoms with Gasteiger partial charge in [-0.25, -0.2) is 0 Å². The van der Waals surface area contributed by atoms with E-state index in [1.807, 2.05) is 6.07 Å². The molecule has 25 heavy (non-hydrogen) atoms. The van der Waals surface area contributed by atoms with E-state index in [9.17, 15) is 4.79 Å². The van der Waals surface area contributed by atoms with Crippen molar-refractivity contribution >= 4 is 11.6 Å². The van der Waals surface area contributed by atoms with E-state index in [1.54, 1.807) is 0 Å². The predicted molar refractivity (Wildman–Crippen MR) is 105 cm³/mol. The second-order valence-electron chi connectivity index (χ2n) is 6.83. The normalized spacial score (nSPS) is 12.2. The maximum absolute atomic E-state index is 12.6. The van der Waals surface area contributed by atoms with Gasteiger partial charge >= 0.3 is 0 Å². The van der Waals surface area contributed by atoms with Gasteiger partial charge in [-0.2, -0.15) is 0 Å². The Hall–Kier alpha value is -2.13. The highest BCUT2D eigenvalue weighted by Crippen LogP contribution is 2.22. The molecule has 3 nitrogen and oxygen atoms in total. The zero-order valence-electron chi connectivity index (χ0n) is 15.9. The topological polar surface area (TPSA) is 45.7 Å². The summed E-state index contributed by atoms with van der Waals surface area (Å²) in [5, 5.41) is 5.30. The zero-order valence-corrected chi connectivity index (χ0v) is 15.9. The molecule has 0 saturated heterocycles. The molecular weight excluding hydrogens is 308 g/mol. The lowest BCUT2D eigenvalue weighted by Crippen LogP contribution is -2.88. The molecule has 0 aromatic heterocycles. The molecule has 0 spiro atoms. The summed E-state index contributed by atoms with van der Waals surface area (Å²) in [7, 11) is 0. The molecule has 0 aliphatic rings. The number of aryl methyl sites for hydroxylation is 2. The number of hydrogen-bond acceptors (Lipinski definition) is 1. The fraction of sp³-hybridized carbons (Fsp3) is 0.409. The third-order valence-electron chi connectivity index (χ3n) is 4.72. The third kappa shape index (κ3) is 5.17. The Morgan fingerprint density at radius 2 is 1.56 bits per heavy atom. The van der Waals surface area contributed by atoms with Crippen LogP contribution in [-0.2, 0) is 17.6 Å².